The molecular formula is C28H26FN5OS. The SMILES string of the molecule is CC(=O)Nc1ccc(N2C(=S)N[C@@H](c3ccccn3)[C@H]2c2cc(C)n(-c3cccc(F)c3)c2C)cc1. The Hall–Kier alpha value is -4.04. The molecule has 2 atom stereocenters. The molecule has 6 nitrogen and oxygen atoms in total. The molecule has 0 aliphatic carbocycles. The fourth-order valence-electron chi connectivity index (χ4n) is 4.96. The van der Waals surface area contributed by atoms with E-state index in [1.807, 2.05) is 62.4 Å². The minimum atomic E-state index is -0.280. The van der Waals surface area contributed by atoms with Gasteiger partial charge in [-0.15, -0.1) is 0 Å². The number of thiocarbonyl (C=S) groups is 1. The number of pyridine rings is 1. The van der Waals surface area contributed by atoms with Gasteiger partial charge >= 0.3 is 0 Å². The Morgan fingerprint density at radius 2 is 1.81 bits per heavy atom. The summed E-state index contributed by atoms with van der Waals surface area (Å²) in [4.78, 5) is 18.2. The monoisotopic (exact) mass is 499 g/mol. The van der Waals surface area contributed by atoms with Gasteiger partial charge in [0, 0.05) is 41.6 Å². The van der Waals surface area contributed by atoms with Gasteiger partial charge in [-0.1, -0.05) is 12.1 Å². The smallest absolute Gasteiger partial charge is 0.221 e. The van der Waals surface area contributed by atoms with E-state index in [0.717, 1.165) is 34.0 Å². The molecule has 1 aliphatic heterocycles. The topological polar surface area (TPSA) is 62.2 Å². The summed E-state index contributed by atoms with van der Waals surface area (Å²) in [6.07, 6.45) is 1.78. The molecule has 4 aromatic rings. The average Bonchev–Trinajstić information content (AvgIpc) is 3.35. The Bertz CT molecular complexity index is 1430. The first-order valence-electron chi connectivity index (χ1n) is 11.7. The van der Waals surface area contributed by atoms with Gasteiger partial charge in [-0.3, -0.25) is 9.78 Å². The normalized spacial score (nSPS) is 17.2. The molecule has 3 heterocycles. The Kier molecular flexibility index (Phi) is 6.28. The summed E-state index contributed by atoms with van der Waals surface area (Å²) in [5, 5.41) is 6.86. The van der Waals surface area contributed by atoms with Gasteiger partial charge in [0.15, 0.2) is 5.11 Å². The van der Waals surface area contributed by atoms with E-state index in [1.165, 1.54) is 19.1 Å². The molecular weight excluding hydrogens is 473 g/mol. The largest absolute Gasteiger partial charge is 0.351 e. The highest BCUT2D eigenvalue weighted by Crippen LogP contribution is 2.43. The van der Waals surface area contributed by atoms with Crippen molar-refractivity contribution >= 4 is 34.6 Å². The lowest BCUT2D eigenvalue weighted by molar-refractivity contribution is -0.114. The molecule has 8 heteroatoms. The molecule has 0 unspecified atom stereocenters. The molecule has 1 aliphatic rings. The second kappa shape index (κ2) is 9.54. The second-order valence-corrected chi connectivity index (χ2v) is 9.25. The van der Waals surface area contributed by atoms with Crippen LogP contribution >= 0.6 is 12.2 Å². The number of nitrogens with one attached hydrogen (secondary N) is 2. The lowest BCUT2D eigenvalue weighted by atomic mass is 9.96. The highest BCUT2D eigenvalue weighted by Gasteiger charge is 2.42. The number of hydrogen-bond acceptors (Lipinski definition) is 3. The highest BCUT2D eigenvalue weighted by molar-refractivity contribution is 7.80. The second-order valence-electron chi connectivity index (χ2n) is 8.87. The molecule has 2 N–H and O–H groups in total. The van der Waals surface area contributed by atoms with E-state index in [1.54, 1.807) is 12.3 Å². The third-order valence-corrected chi connectivity index (χ3v) is 6.73. The molecule has 0 bridgehead atoms. The minimum Gasteiger partial charge on any atom is -0.351 e. The van der Waals surface area contributed by atoms with Crippen LogP contribution in [0, 0.1) is 19.7 Å². The zero-order valence-corrected chi connectivity index (χ0v) is 21.0. The van der Waals surface area contributed by atoms with Crippen molar-refractivity contribution in [3.05, 3.63) is 107 Å². The first kappa shape index (κ1) is 23.7. The number of hydrogen-bond donors (Lipinski definition) is 2. The van der Waals surface area contributed by atoms with Crippen LogP contribution in [0.1, 0.15) is 41.7 Å². The fourth-order valence-corrected chi connectivity index (χ4v) is 5.30. The average molecular weight is 500 g/mol. The molecule has 0 saturated carbocycles. The van der Waals surface area contributed by atoms with E-state index in [9.17, 15) is 9.18 Å². The van der Waals surface area contributed by atoms with Crippen LogP contribution in [0.25, 0.3) is 5.69 Å². The zero-order chi connectivity index (χ0) is 25.4. The molecule has 0 spiro atoms. The Balaban J connectivity index is 1.63. The number of aryl methyl sites for hydroxylation is 1. The van der Waals surface area contributed by atoms with E-state index >= 15 is 0 Å². The van der Waals surface area contributed by atoms with Crippen molar-refractivity contribution in [2.45, 2.75) is 32.9 Å². The Morgan fingerprint density at radius 3 is 2.47 bits per heavy atom. The molecule has 1 fully saturated rings. The fraction of sp³-hybridized carbons (Fsp3) is 0.179. The maximum Gasteiger partial charge on any atom is 0.221 e. The maximum absolute atomic E-state index is 14.1. The summed E-state index contributed by atoms with van der Waals surface area (Å²) in [6.45, 7) is 5.54. The van der Waals surface area contributed by atoms with E-state index in [4.69, 9.17) is 12.2 Å². The van der Waals surface area contributed by atoms with Crippen LogP contribution in [0.3, 0.4) is 0 Å². The van der Waals surface area contributed by atoms with Crippen molar-refractivity contribution in [3.63, 3.8) is 0 Å². The van der Waals surface area contributed by atoms with E-state index in [0.29, 0.717) is 10.8 Å². The molecule has 1 amide bonds. The third kappa shape index (κ3) is 4.35. The van der Waals surface area contributed by atoms with Crippen molar-refractivity contribution in [1.29, 1.82) is 0 Å². The van der Waals surface area contributed by atoms with Gasteiger partial charge < -0.3 is 20.1 Å². The molecule has 5 rings (SSSR count). The van der Waals surface area contributed by atoms with Crippen LogP contribution in [0.5, 0.6) is 0 Å². The van der Waals surface area contributed by atoms with E-state index in [2.05, 4.69) is 31.2 Å². The van der Waals surface area contributed by atoms with Gasteiger partial charge in [-0.25, -0.2) is 4.39 Å². The summed E-state index contributed by atoms with van der Waals surface area (Å²) in [7, 11) is 0. The first-order valence-corrected chi connectivity index (χ1v) is 12.1. The van der Waals surface area contributed by atoms with Crippen molar-refractivity contribution in [2.75, 3.05) is 10.2 Å². The van der Waals surface area contributed by atoms with Gasteiger partial charge in [0.2, 0.25) is 5.91 Å². The van der Waals surface area contributed by atoms with Gasteiger partial charge in [0.05, 0.1) is 17.8 Å². The van der Waals surface area contributed by atoms with Crippen LogP contribution in [-0.4, -0.2) is 20.6 Å². The summed E-state index contributed by atoms with van der Waals surface area (Å²) in [5.74, 6) is -0.406. The van der Waals surface area contributed by atoms with Crippen LogP contribution in [-0.2, 0) is 4.79 Å². The number of benzene rings is 2. The summed E-state index contributed by atoms with van der Waals surface area (Å²) >= 11 is 5.83. The molecule has 1 saturated heterocycles. The quantitative estimate of drug-likeness (QED) is 0.342. The number of anilines is 2. The number of halogens is 1. The van der Waals surface area contributed by atoms with Crippen molar-refractivity contribution in [2.24, 2.45) is 0 Å². The lowest BCUT2D eigenvalue weighted by Crippen LogP contribution is -2.29. The Morgan fingerprint density at radius 1 is 1.03 bits per heavy atom. The predicted octanol–water partition coefficient (Wildman–Crippen LogP) is 5.76. The third-order valence-electron chi connectivity index (χ3n) is 6.42. The summed E-state index contributed by atoms with van der Waals surface area (Å²) < 4.78 is 16.1. The van der Waals surface area contributed by atoms with Gasteiger partial charge in [-0.05, 0) is 92.3 Å². The van der Waals surface area contributed by atoms with E-state index in [-0.39, 0.29) is 23.8 Å². The number of amides is 1. The van der Waals surface area contributed by atoms with Crippen molar-refractivity contribution in [1.82, 2.24) is 14.9 Å². The van der Waals surface area contributed by atoms with Gasteiger partial charge in [0.1, 0.15) is 5.82 Å². The Labute approximate surface area is 214 Å². The molecule has 2 aromatic carbocycles. The standard InChI is InChI=1S/C28H26FN5OS/c1-17-15-24(18(2)33(17)23-8-6-7-20(29)16-23)27-26(25-9-4-5-14-30-25)32-28(36)34(27)22-12-10-21(11-13-22)31-19(3)35/h4-16,26-27H,1-3H3,(H,31,35)(H,32,36)/t26-,27+/m0/s1. The highest BCUT2D eigenvalue weighted by atomic mass is 32.1. The van der Waals surface area contributed by atoms with Crippen molar-refractivity contribution in [3.8, 4) is 5.69 Å². The number of carbonyl (C=O) groups is 1. The predicted molar refractivity (Wildman–Crippen MR) is 144 cm³/mol. The lowest BCUT2D eigenvalue weighted by Gasteiger charge is -2.28. The summed E-state index contributed by atoms with van der Waals surface area (Å²) in [5.41, 5.74) is 6.29. The van der Waals surface area contributed by atoms with Crippen LogP contribution in [0.4, 0.5) is 15.8 Å². The first-order chi connectivity index (χ1) is 17.3. The summed E-state index contributed by atoms with van der Waals surface area (Å²) in [6, 6.07) is 21.8. The van der Waals surface area contributed by atoms with Crippen LogP contribution in [0.15, 0.2) is 79.0 Å². The maximum atomic E-state index is 14.1. The van der Waals surface area contributed by atoms with Crippen molar-refractivity contribution < 1.29 is 9.18 Å². The van der Waals surface area contributed by atoms with Gasteiger partial charge in [-0.2, -0.15) is 0 Å². The van der Waals surface area contributed by atoms with Crippen LogP contribution in [0.2, 0.25) is 0 Å². The van der Waals surface area contributed by atoms with E-state index < -0.39 is 0 Å². The van der Waals surface area contributed by atoms with Gasteiger partial charge in [0.25, 0.3) is 0 Å². The molecule has 2 aromatic heterocycles. The van der Waals surface area contributed by atoms with Crippen LogP contribution < -0.4 is 15.5 Å². The number of aromatic nitrogens is 2. The number of rotatable bonds is 5. The molecule has 0 radical (unpaired) electrons. The number of nitrogens with zero attached hydrogens (tertiary/aromatic N) is 3. The molecule has 36 heavy (non-hydrogen) atoms. The molecule has 182 valence electrons. The minimum absolute atomic E-state index is 0.126. The zero-order valence-electron chi connectivity index (χ0n) is 20.2. The number of carbonyl (C=O) groups excluding carboxylic acids is 1.